The molecule has 1 rings (SSSR count). The molecule has 0 heterocycles. The molecule has 0 aromatic heterocycles. The van der Waals surface area contributed by atoms with E-state index >= 15 is 0 Å². The molecule has 0 bridgehead atoms. The lowest BCUT2D eigenvalue weighted by molar-refractivity contribution is -0.125. The van der Waals surface area contributed by atoms with Gasteiger partial charge in [0.15, 0.2) is 0 Å². The molecule has 0 unspecified atom stereocenters. The van der Waals surface area contributed by atoms with Gasteiger partial charge < -0.3 is 0 Å². The number of Topliss-reactive ketones (excluding diaryl/α,β-unsaturated/α-hetero) is 1. The van der Waals surface area contributed by atoms with Crippen molar-refractivity contribution in [2.24, 2.45) is 0 Å². The zero-order chi connectivity index (χ0) is 12.0. The molecule has 0 atom stereocenters. The van der Waals surface area contributed by atoms with Gasteiger partial charge in [-0.1, -0.05) is 51.1 Å². The average molecular weight is 218 g/mol. The van der Waals surface area contributed by atoms with Gasteiger partial charge in [0.1, 0.15) is 5.78 Å². The van der Waals surface area contributed by atoms with Crippen LogP contribution in [0.1, 0.15) is 52.0 Å². The van der Waals surface area contributed by atoms with E-state index in [-0.39, 0.29) is 5.41 Å². The Hall–Kier alpha value is -1.11. The molecule has 0 aliphatic rings. The van der Waals surface area contributed by atoms with Crippen LogP contribution in [0.5, 0.6) is 0 Å². The lowest BCUT2D eigenvalue weighted by atomic mass is 9.71. The summed E-state index contributed by atoms with van der Waals surface area (Å²) in [6.07, 6.45) is 3.42. The molecule has 0 fully saturated rings. The Morgan fingerprint density at radius 1 is 1.06 bits per heavy atom. The zero-order valence-corrected chi connectivity index (χ0v) is 10.6. The van der Waals surface area contributed by atoms with Crippen LogP contribution in [0.2, 0.25) is 0 Å². The van der Waals surface area contributed by atoms with Crippen LogP contribution in [-0.4, -0.2) is 5.78 Å². The van der Waals surface area contributed by atoms with E-state index < -0.39 is 0 Å². The highest BCUT2D eigenvalue weighted by molar-refractivity contribution is 5.90. The number of rotatable bonds is 6. The molecular weight excluding hydrogens is 196 g/mol. The molecule has 1 nitrogen and oxygen atoms in total. The second kappa shape index (κ2) is 5.83. The van der Waals surface area contributed by atoms with E-state index in [1.165, 1.54) is 5.56 Å². The van der Waals surface area contributed by atoms with Crippen LogP contribution >= 0.6 is 0 Å². The van der Waals surface area contributed by atoms with Crippen molar-refractivity contribution >= 4 is 5.78 Å². The lowest BCUT2D eigenvalue weighted by Gasteiger charge is -2.30. The summed E-state index contributed by atoms with van der Waals surface area (Å²) in [4.78, 5) is 12.3. The molecule has 88 valence electrons. The first-order chi connectivity index (χ1) is 7.71. The largest absolute Gasteiger partial charge is 0.299 e. The zero-order valence-electron chi connectivity index (χ0n) is 10.6. The fourth-order valence-corrected chi connectivity index (χ4v) is 2.44. The highest BCUT2D eigenvalue weighted by atomic mass is 16.1. The van der Waals surface area contributed by atoms with Gasteiger partial charge in [-0.15, -0.1) is 0 Å². The van der Waals surface area contributed by atoms with Gasteiger partial charge in [-0.2, -0.15) is 0 Å². The Bertz CT molecular complexity index is 323. The second-order valence-corrected chi connectivity index (χ2v) is 4.33. The molecule has 0 N–H and O–H groups in total. The van der Waals surface area contributed by atoms with Gasteiger partial charge in [-0.05, 0) is 24.8 Å². The Kier molecular flexibility index (Phi) is 4.72. The standard InChI is InChI=1S/C15H22O/c1-4-10-14(16)15(5-2,6-3)13-11-8-7-9-12-13/h7-9,11-12H,4-6,10H2,1-3H3. The van der Waals surface area contributed by atoms with Gasteiger partial charge in [-0.3, -0.25) is 4.79 Å². The molecule has 1 aromatic carbocycles. The third kappa shape index (κ3) is 2.34. The number of hydrogen-bond donors (Lipinski definition) is 0. The molecule has 0 aliphatic carbocycles. The van der Waals surface area contributed by atoms with Gasteiger partial charge in [0.05, 0.1) is 5.41 Å². The molecule has 0 saturated carbocycles. The van der Waals surface area contributed by atoms with Crippen LogP contribution in [-0.2, 0) is 10.2 Å². The van der Waals surface area contributed by atoms with Crippen molar-refractivity contribution in [3.05, 3.63) is 35.9 Å². The van der Waals surface area contributed by atoms with E-state index in [2.05, 4.69) is 32.9 Å². The summed E-state index contributed by atoms with van der Waals surface area (Å²) in [6, 6.07) is 10.2. The lowest BCUT2D eigenvalue weighted by Crippen LogP contribution is -2.34. The van der Waals surface area contributed by atoms with Crippen molar-refractivity contribution in [1.29, 1.82) is 0 Å². The minimum absolute atomic E-state index is 0.253. The van der Waals surface area contributed by atoms with Gasteiger partial charge in [-0.25, -0.2) is 0 Å². The predicted molar refractivity (Wildman–Crippen MR) is 68.6 cm³/mol. The van der Waals surface area contributed by atoms with E-state index in [0.29, 0.717) is 12.2 Å². The minimum Gasteiger partial charge on any atom is -0.299 e. The topological polar surface area (TPSA) is 17.1 Å². The first kappa shape index (κ1) is 13.0. The second-order valence-electron chi connectivity index (χ2n) is 4.33. The predicted octanol–water partition coefficient (Wildman–Crippen LogP) is 4.11. The Balaban J connectivity index is 3.10. The summed E-state index contributed by atoms with van der Waals surface area (Å²) < 4.78 is 0. The maximum atomic E-state index is 12.3. The normalized spacial score (nSPS) is 11.4. The summed E-state index contributed by atoms with van der Waals surface area (Å²) in [5.41, 5.74) is 0.926. The SMILES string of the molecule is CCCC(=O)C(CC)(CC)c1ccccc1. The van der Waals surface area contributed by atoms with E-state index in [1.54, 1.807) is 0 Å². The first-order valence-corrected chi connectivity index (χ1v) is 6.30. The molecule has 0 spiro atoms. The first-order valence-electron chi connectivity index (χ1n) is 6.30. The van der Waals surface area contributed by atoms with Crippen molar-refractivity contribution < 1.29 is 4.79 Å². The molecule has 16 heavy (non-hydrogen) atoms. The summed E-state index contributed by atoms with van der Waals surface area (Å²) >= 11 is 0. The van der Waals surface area contributed by atoms with Crippen LogP contribution in [0.15, 0.2) is 30.3 Å². The monoisotopic (exact) mass is 218 g/mol. The summed E-state index contributed by atoms with van der Waals surface area (Å²) in [7, 11) is 0. The number of carbonyl (C=O) groups excluding carboxylic acids is 1. The third-order valence-corrected chi connectivity index (χ3v) is 3.54. The van der Waals surface area contributed by atoms with Crippen molar-refractivity contribution in [3.8, 4) is 0 Å². The maximum absolute atomic E-state index is 12.3. The van der Waals surface area contributed by atoms with Crippen LogP contribution in [0.25, 0.3) is 0 Å². The average Bonchev–Trinajstić information content (AvgIpc) is 2.33. The third-order valence-electron chi connectivity index (χ3n) is 3.54. The minimum atomic E-state index is -0.253. The van der Waals surface area contributed by atoms with Gasteiger partial charge in [0, 0.05) is 6.42 Å². The van der Waals surface area contributed by atoms with Crippen molar-refractivity contribution in [3.63, 3.8) is 0 Å². The highest BCUT2D eigenvalue weighted by Crippen LogP contribution is 2.33. The van der Waals surface area contributed by atoms with Crippen molar-refractivity contribution in [1.82, 2.24) is 0 Å². The number of ketones is 1. The highest BCUT2D eigenvalue weighted by Gasteiger charge is 2.35. The fourth-order valence-electron chi connectivity index (χ4n) is 2.44. The van der Waals surface area contributed by atoms with Crippen molar-refractivity contribution in [2.75, 3.05) is 0 Å². The molecule has 0 amide bonds. The number of benzene rings is 1. The quantitative estimate of drug-likeness (QED) is 0.702. The molecule has 1 aromatic rings. The van der Waals surface area contributed by atoms with Crippen LogP contribution in [0, 0.1) is 0 Å². The molecule has 0 saturated heterocycles. The summed E-state index contributed by atoms with van der Waals surface area (Å²) in [6.45, 7) is 6.30. The van der Waals surface area contributed by atoms with E-state index in [0.717, 1.165) is 19.3 Å². The Morgan fingerprint density at radius 3 is 2.06 bits per heavy atom. The smallest absolute Gasteiger partial charge is 0.143 e. The molecule has 0 aliphatic heterocycles. The molecule has 0 radical (unpaired) electrons. The molecular formula is C15H22O. The number of carbonyl (C=O) groups is 1. The molecule has 1 heteroatoms. The number of hydrogen-bond acceptors (Lipinski definition) is 1. The summed E-state index contributed by atoms with van der Waals surface area (Å²) in [5.74, 6) is 0.395. The van der Waals surface area contributed by atoms with Gasteiger partial charge >= 0.3 is 0 Å². The fraction of sp³-hybridized carbons (Fsp3) is 0.533. The van der Waals surface area contributed by atoms with E-state index in [9.17, 15) is 4.79 Å². The van der Waals surface area contributed by atoms with E-state index in [4.69, 9.17) is 0 Å². The van der Waals surface area contributed by atoms with Crippen LogP contribution in [0.4, 0.5) is 0 Å². The summed E-state index contributed by atoms with van der Waals surface area (Å²) in [5, 5.41) is 0. The van der Waals surface area contributed by atoms with Crippen molar-refractivity contribution in [2.45, 2.75) is 51.9 Å². The Labute approximate surface area is 98.9 Å². The van der Waals surface area contributed by atoms with Gasteiger partial charge in [0.25, 0.3) is 0 Å². The maximum Gasteiger partial charge on any atom is 0.143 e. The van der Waals surface area contributed by atoms with E-state index in [1.807, 2.05) is 18.2 Å². The van der Waals surface area contributed by atoms with Crippen LogP contribution in [0.3, 0.4) is 0 Å². The van der Waals surface area contributed by atoms with Crippen LogP contribution < -0.4 is 0 Å². The van der Waals surface area contributed by atoms with Gasteiger partial charge in [0.2, 0.25) is 0 Å². The Morgan fingerprint density at radius 2 is 1.62 bits per heavy atom.